The Morgan fingerprint density at radius 2 is 2.14 bits per heavy atom. The fraction of sp³-hybridized carbons (Fsp3) is 0.143. The number of aromatic nitrogens is 2. The molecule has 7 heteroatoms. The van der Waals surface area contributed by atoms with Crippen molar-refractivity contribution in [1.82, 2.24) is 9.97 Å². The van der Waals surface area contributed by atoms with Crippen molar-refractivity contribution in [3.63, 3.8) is 0 Å². The molecule has 0 spiro atoms. The number of hydrogen-bond donors (Lipinski definition) is 2. The minimum absolute atomic E-state index is 0.622. The summed E-state index contributed by atoms with van der Waals surface area (Å²) in [7, 11) is 0. The van der Waals surface area contributed by atoms with E-state index in [0.717, 1.165) is 31.8 Å². The molecular weight excluding hydrogens is 419 g/mol. The Morgan fingerprint density at radius 3 is 2.90 bits per heavy atom. The first-order chi connectivity index (χ1) is 10.2. The number of halogens is 2. The summed E-state index contributed by atoms with van der Waals surface area (Å²) in [5.74, 6) is 1.39. The zero-order valence-corrected chi connectivity index (χ0v) is 14.9. The summed E-state index contributed by atoms with van der Waals surface area (Å²) in [6, 6.07) is 7.89. The molecule has 21 heavy (non-hydrogen) atoms. The van der Waals surface area contributed by atoms with Crippen LogP contribution in [-0.2, 0) is 0 Å². The number of nitrogens with one attached hydrogen (secondary N) is 2. The van der Waals surface area contributed by atoms with Crippen LogP contribution in [0.2, 0.25) is 5.02 Å². The standard InChI is InChI=1S/C14H12ClIN4S/c1-2-17-14-19-12(9-5-6-21-13(9)20-14)18-11-4-3-8(16)7-10(11)15/h3-7H,2H2,1H3,(H2,17,18,19,20). The minimum Gasteiger partial charge on any atom is -0.354 e. The Bertz CT molecular complexity index is 790. The molecule has 0 atom stereocenters. The van der Waals surface area contributed by atoms with E-state index in [2.05, 4.69) is 43.2 Å². The highest BCUT2D eigenvalue weighted by molar-refractivity contribution is 14.1. The van der Waals surface area contributed by atoms with Gasteiger partial charge < -0.3 is 10.6 Å². The van der Waals surface area contributed by atoms with Gasteiger partial charge in [0.1, 0.15) is 10.6 Å². The van der Waals surface area contributed by atoms with Gasteiger partial charge in [0, 0.05) is 10.1 Å². The first-order valence-electron chi connectivity index (χ1n) is 6.38. The second-order valence-electron chi connectivity index (χ2n) is 4.31. The van der Waals surface area contributed by atoms with E-state index in [1.165, 1.54) is 0 Å². The first-order valence-corrected chi connectivity index (χ1v) is 8.72. The fourth-order valence-corrected chi connectivity index (χ4v) is 3.57. The summed E-state index contributed by atoms with van der Waals surface area (Å²) in [6.45, 7) is 2.80. The third kappa shape index (κ3) is 3.22. The van der Waals surface area contributed by atoms with Crippen molar-refractivity contribution >= 4 is 73.2 Å². The molecule has 0 fully saturated rings. The van der Waals surface area contributed by atoms with Crippen LogP contribution in [0, 0.1) is 3.57 Å². The highest BCUT2D eigenvalue weighted by Gasteiger charge is 2.10. The highest BCUT2D eigenvalue weighted by Crippen LogP contribution is 2.31. The number of hydrogen-bond acceptors (Lipinski definition) is 5. The predicted molar refractivity (Wildman–Crippen MR) is 99.0 cm³/mol. The lowest BCUT2D eigenvalue weighted by Crippen LogP contribution is -2.04. The molecule has 2 heterocycles. The van der Waals surface area contributed by atoms with Crippen LogP contribution in [0.25, 0.3) is 10.2 Å². The van der Waals surface area contributed by atoms with Gasteiger partial charge in [-0.15, -0.1) is 11.3 Å². The normalized spacial score (nSPS) is 10.8. The maximum absolute atomic E-state index is 6.28. The quantitative estimate of drug-likeness (QED) is 0.564. The topological polar surface area (TPSA) is 49.8 Å². The summed E-state index contributed by atoms with van der Waals surface area (Å²) in [5, 5.41) is 10.1. The lowest BCUT2D eigenvalue weighted by molar-refractivity contribution is 1.11. The van der Waals surface area contributed by atoms with Gasteiger partial charge >= 0.3 is 0 Å². The largest absolute Gasteiger partial charge is 0.354 e. The highest BCUT2D eigenvalue weighted by atomic mass is 127. The number of fused-ring (bicyclic) bond motifs is 1. The number of rotatable bonds is 4. The second-order valence-corrected chi connectivity index (χ2v) is 6.86. The van der Waals surface area contributed by atoms with E-state index in [4.69, 9.17) is 11.6 Å². The molecule has 2 aromatic heterocycles. The fourth-order valence-electron chi connectivity index (χ4n) is 1.91. The third-order valence-electron chi connectivity index (χ3n) is 2.84. The molecular formula is C14H12ClIN4S. The smallest absolute Gasteiger partial charge is 0.226 e. The number of benzene rings is 1. The van der Waals surface area contributed by atoms with Crippen LogP contribution >= 0.6 is 45.5 Å². The predicted octanol–water partition coefficient (Wildman–Crippen LogP) is 5.12. The number of thiophene rings is 1. The molecule has 0 saturated carbocycles. The van der Waals surface area contributed by atoms with Crippen molar-refractivity contribution in [2.24, 2.45) is 0 Å². The van der Waals surface area contributed by atoms with Crippen LogP contribution in [-0.4, -0.2) is 16.5 Å². The van der Waals surface area contributed by atoms with Crippen molar-refractivity contribution in [3.05, 3.63) is 38.2 Å². The minimum atomic E-state index is 0.622. The van der Waals surface area contributed by atoms with E-state index in [1.54, 1.807) is 11.3 Å². The molecule has 2 N–H and O–H groups in total. The van der Waals surface area contributed by atoms with Crippen LogP contribution < -0.4 is 10.6 Å². The average molecular weight is 431 g/mol. The molecule has 0 aliphatic heterocycles. The van der Waals surface area contributed by atoms with Crippen LogP contribution in [0.15, 0.2) is 29.6 Å². The molecule has 0 aliphatic rings. The first kappa shape index (κ1) is 14.8. The van der Waals surface area contributed by atoms with Gasteiger partial charge in [0.05, 0.1) is 16.1 Å². The molecule has 108 valence electrons. The van der Waals surface area contributed by atoms with Gasteiger partial charge in [-0.2, -0.15) is 4.98 Å². The maximum atomic E-state index is 6.28. The summed E-state index contributed by atoms with van der Waals surface area (Å²) in [6.07, 6.45) is 0. The van der Waals surface area contributed by atoms with Gasteiger partial charge in [-0.05, 0) is 59.2 Å². The van der Waals surface area contributed by atoms with E-state index in [-0.39, 0.29) is 0 Å². The molecule has 0 saturated heterocycles. The molecule has 4 nitrogen and oxygen atoms in total. The van der Waals surface area contributed by atoms with Crippen LogP contribution in [0.4, 0.5) is 17.5 Å². The van der Waals surface area contributed by atoms with E-state index in [0.29, 0.717) is 11.0 Å². The third-order valence-corrected chi connectivity index (χ3v) is 4.63. The molecule has 0 unspecified atom stereocenters. The van der Waals surface area contributed by atoms with Gasteiger partial charge in [0.25, 0.3) is 0 Å². The Morgan fingerprint density at radius 1 is 1.29 bits per heavy atom. The zero-order valence-electron chi connectivity index (χ0n) is 11.2. The lowest BCUT2D eigenvalue weighted by atomic mass is 10.3. The van der Waals surface area contributed by atoms with E-state index >= 15 is 0 Å². The molecule has 0 bridgehead atoms. The molecule has 0 radical (unpaired) electrons. The zero-order chi connectivity index (χ0) is 14.8. The van der Waals surface area contributed by atoms with E-state index < -0.39 is 0 Å². The molecule has 3 rings (SSSR count). The Balaban J connectivity index is 2.04. The van der Waals surface area contributed by atoms with Crippen molar-refractivity contribution in [2.75, 3.05) is 17.2 Å². The number of anilines is 3. The maximum Gasteiger partial charge on any atom is 0.226 e. The van der Waals surface area contributed by atoms with E-state index in [9.17, 15) is 0 Å². The molecule has 0 amide bonds. The van der Waals surface area contributed by atoms with Gasteiger partial charge in [0.15, 0.2) is 0 Å². The summed E-state index contributed by atoms with van der Waals surface area (Å²) >= 11 is 10.1. The molecule has 1 aromatic carbocycles. The van der Waals surface area contributed by atoms with Crippen molar-refractivity contribution in [2.45, 2.75) is 6.92 Å². The van der Waals surface area contributed by atoms with Gasteiger partial charge in [-0.1, -0.05) is 11.6 Å². The summed E-state index contributed by atoms with van der Waals surface area (Å²) < 4.78 is 1.10. The monoisotopic (exact) mass is 430 g/mol. The van der Waals surface area contributed by atoms with Gasteiger partial charge in [0.2, 0.25) is 5.95 Å². The van der Waals surface area contributed by atoms with E-state index in [1.807, 2.05) is 36.6 Å². The Hall–Kier alpha value is -1.12. The summed E-state index contributed by atoms with van der Waals surface area (Å²) in [4.78, 5) is 9.97. The van der Waals surface area contributed by atoms with Gasteiger partial charge in [-0.3, -0.25) is 0 Å². The Labute approximate surface area is 145 Å². The van der Waals surface area contributed by atoms with Crippen LogP contribution in [0.1, 0.15) is 6.92 Å². The molecule has 0 aliphatic carbocycles. The summed E-state index contributed by atoms with van der Waals surface area (Å²) in [5.41, 5.74) is 0.839. The van der Waals surface area contributed by atoms with Crippen LogP contribution in [0.5, 0.6) is 0 Å². The lowest BCUT2D eigenvalue weighted by Gasteiger charge is -2.11. The number of nitrogens with zero attached hydrogens (tertiary/aromatic N) is 2. The van der Waals surface area contributed by atoms with Crippen molar-refractivity contribution in [3.8, 4) is 0 Å². The SMILES string of the molecule is CCNc1nc(Nc2ccc(I)cc2Cl)c2ccsc2n1. The average Bonchev–Trinajstić information content (AvgIpc) is 2.91. The second kappa shape index (κ2) is 6.33. The Kier molecular flexibility index (Phi) is 4.46. The van der Waals surface area contributed by atoms with Crippen LogP contribution in [0.3, 0.4) is 0 Å². The van der Waals surface area contributed by atoms with Crippen molar-refractivity contribution < 1.29 is 0 Å². The van der Waals surface area contributed by atoms with Crippen molar-refractivity contribution in [1.29, 1.82) is 0 Å². The molecule has 3 aromatic rings. The van der Waals surface area contributed by atoms with Gasteiger partial charge in [-0.25, -0.2) is 4.98 Å².